The normalized spacial score (nSPS) is 40.6. The predicted molar refractivity (Wildman–Crippen MR) is 136 cm³/mol. The molecule has 5 aliphatic heterocycles. The Morgan fingerprint density at radius 1 is 1.23 bits per heavy atom. The third kappa shape index (κ3) is 4.33. The number of aliphatic hydroxyl groups is 3. The number of hydrogen-bond acceptors (Lipinski definition) is 10. The summed E-state index contributed by atoms with van der Waals surface area (Å²) in [6, 6.07) is 8.34. The molecule has 1 amide bonds. The van der Waals surface area contributed by atoms with Gasteiger partial charge in [-0.05, 0) is 24.5 Å². The minimum atomic E-state index is -1.55. The first-order chi connectivity index (χ1) is 18.8. The fourth-order valence-electron chi connectivity index (χ4n) is 6.95. The average molecular weight is 543 g/mol. The number of para-hydroxylation sites is 1. The molecule has 0 saturated carbocycles. The van der Waals surface area contributed by atoms with Crippen LogP contribution >= 0.6 is 0 Å². The van der Waals surface area contributed by atoms with E-state index in [9.17, 15) is 24.9 Å². The number of hydrogen-bond donors (Lipinski definition) is 4. The quantitative estimate of drug-likeness (QED) is 0.308. The summed E-state index contributed by atoms with van der Waals surface area (Å²) in [5.41, 5.74) is 2.95. The van der Waals surface area contributed by atoms with Crippen molar-refractivity contribution in [3.8, 4) is 0 Å². The maximum atomic E-state index is 13.6. The van der Waals surface area contributed by atoms with Gasteiger partial charge in [0.05, 0.1) is 30.5 Å². The third-order valence-electron chi connectivity index (χ3n) is 8.79. The zero-order chi connectivity index (χ0) is 27.4. The maximum Gasteiger partial charge on any atom is 0.303 e. The highest BCUT2D eigenvalue weighted by Gasteiger charge is 2.54. The molecule has 5 heterocycles. The molecule has 11 atom stereocenters. The summed E-state index contributed by atoms with van der Waals surface area (Å²) < 4.78 is 22.6. The molecule has 3 saturated heterocycles. The third-order valence-corrected chi connectivity index (χ3v) is 8.79. The second-order valence-corrected chi connectivity index (χ2v) is 10.9. The highest BCUT2D eigenvalue weighted by atomic mass is 16.8. The number of fused-ring (bicyclic) bond motifs is 6. The summed E-state index contributed by atoms with van der Waals surface area (Å²) in [5, 5.41) is 34.6. The second kappa shape index (κ2) is 10.2. The van der Waals surface area contributed by atoms with E-state index in [1.807, 2.05) is 17.0 Å². The van der Waals surface area contributed by atoms with Gasteiger partial charge in [0, 0.05) is 36.9 Å². The molecule has 210 valence electrons. The highest BCUT2D eigenvalue weighted by Crippen LogP contribution is 2.49. The van der Waals surface area contributed by atoms with Crippen LogP contribution in [0.25, 0.3) is 0 Å². The number of rotatable bonds is 5. The first kappa shape index (κ1) is 26.3. The van der Waals surface area contributed by atoms with Crippen LogP contribution in [0, 0.1) is 11.8 Å². The number of nitrogens with zero attached hydrogens (tertiary/aromatic N) is 1. The molecule has 11 heteroatoms. The van der Waals surface area contributed by atoms with Gasteiger partial charge in [-0.1, -0.05) is 24.3 Å². The van der Waals surface area contributed by atoms with Crippen LogP contribution in [0.2, 0.25) is 0 Å². The molecule has 7 unspecified atom stereocenters. The fraction of sp³-hybridized carbons (Fsp3) is 0.571. The van der Waals surface area contributed by atoms with Gasteiger partial charge in [0.25, 0.3) is 5.91 Å². The van der Waals surface area contributed by atoms with E-state index in [1.54, 1.807) is 6.08 Å². The number of amides is 1. The summed E-state index contributed by atoms with van der Waals surface area (Å²) >= 11 is 0. The largest absolute Gasteiger partial charge is 0.471 e. The van der Waals surface area contributed by atoms with E-state index >= 15 is 0 Å². The Kier molecular flexibility index (Phi) is 6.88. The zero-order valence-electron chi connectivity index (χ0n) is 21.6. The standard InChI is InChI=1S/C28H34N2O9/c1-3-14-17-10-20-22-16(15-6-4-5-7-19(15)29-22)8-9-30(20)26(35)18(17)12-36-27(14)39-28-24(34)25(37-13(2)32)23(33)21(11-31)38-28/h3-7,12,14,16-17,20-25,27-29,31,33-34H,1,8-11H2,2H3/t14-,16?,17-,20+,21?,22?,23?,24?,25?,27+,28?/m1/s1. The molecule has 3 fully saturated rings. The van der Waals surface area contributed by atoms with Crippen molar-refractivity contribution in [2.24, 2.45) is 11.8 Å². The van der Waals surface area contributed by atoms with Gasteiger partial charge in [-0.2, -0.15) is 0 Å². The van der Waals surface area contributed by atoms with Crippen molar-refractivity contribution in [3.63, 3.8) is 0 Å². The molecule has 6 rings (SSSR count). The van der Waals surface area contributed by atoms with Crippen molar-refractivity contribution in [2.45, 2.75) is 74.8 Å². The minimum absolute atomic E-state index is 0.0363. The minimum Gasteiger partial charge on any atom is -0.471 e. The molecule has 5 aliphatic rings. The number of benzene rings is 1. The van der Waals surface area contributed by atoms with Crippen LogP contribution < -0.4 is 5.32 Å². The van der Waals surface area contributed by atoms with Crippen molar-refractivity contribution in [3.05, 3.63) is 54.3 Å². The summed E-state index contributed by atoms with van der Waals surface area (Å²) in [7, 11) is 0. The summed E-state index contributed by atoms with van der Waals surface area (Å²) in [6.07, 6.45) is -3.22. The van der Waals surface area contributed by atoms with Crippen molar-refractivity contribution < 1.29 is 43.9 Å². The predicted octanol–water partition coefficient (Wildman–Crippen LogP) is 0.615. The Labute approximate surface area is 226 Å². The number of esters is 1. The Hall–Kier alpha value is -2.96. The maximum absolute atomic E-state index is 13.6. The van der Waals surface area contributed by atoms with Crippen LogP contribution in [-0.2, 0) is 28.5 Å². The lowest BCUT2D eigenvalue weighted by atomic mass is 9.71. The zero-order valence-corrected chi connectivity index (χ0v) is 21.6. The van der Waals surface area contributed by atoms with Gasteiger partial charge in [-0.15, -0.1) is 6.58 Å². The van der Waals surface area contributed by atoms with Gasteiger partial charge in [-0.3, -0.25) is 9.59 Å². The van der Waals surface area contributed by atoms with Gasteiger partial charge in [0.15, 0.2) is 12.4 Å². The number of carbonyl (C=O) groups is 2. The fourth-order valence-corrected chi connectivity index (χ4v) is 6.95. The van der Waals surface area contributed by atoms with Crippen molar-refractivity contribution in [1.82, 2.24) is 4.90 Å². The number of ether oxygens (including phenoxy) is 4. The molecule has 0 aliphatic carbocycles. The summed E-state index contributed by atoms with van der Waals surface area (Å²) in [5.74, 6) is -1.16. The molecule has 1 aromatic rings. The van der Waals surface area contributed by atoms with Gasteiger partial charge < -0.3 is 44.5 Å². The second-order valence-electron chi connectivity index (χ2n) is 10.9. The molecule has 39 heavy (non-hydrogen) atoms. The Morgan fingerprint density at radius 3 is 2.77 bits per heavy atom. The topological polar surface area (TPSA) is 147 Å². The molecule has 0 bridgehead atoms. The lowest BCUT2D eigenvalue weighted by Crippen LogP contribution is -2.62. The number of anilines is 1. The van der Waals surface area contributed by atoms with Gasteiger partial charge in [0.1, 0.15) is 18.3 Å². The van der Waals surface area contributed by atoms with E-state index in [2.05, 4.69) is 24.0 Å². The van der Waals surface area contributed by atoms with E-state index < -0.39 is 55.5 Å². The average Bonchev–Trinajstić information content (AvgIpc) is 3.31. The lowest BCUT2D eigenvalue weighted by molar-refractivity contribution is -0.340. The molecule has 0 spiro atoms. The molecule has 0 radical (unpaired) electrons. The van der Waals surface area contributed by atoms with Crippen molar-refractivity contribution in [2.75, 3.05) is 18.5 Å². The van der Waals surface area contributed by atoms with Crippen LogP contribution in [0.5, 0.6) is 0 Å². The number of aliphatic hydroxyl groups excluding tert-OH is 3. The molecule has 0 aromatic heterocycles. The molecule has 4 N–H and O–H groups in total. The van der Waals surface area contributed by atoms with Crippen LogP contribution in [0.1, 0.15) is 31.2 Å². The van der Waals surface area contributed by atoms with E-state index in [-0.39, 0.29) is 23.9 Å². The summed E-state index contributed by atoms with van der Waals surface area (Å²) in [6.45, 7) is 5.21. The van der Waals surface area contributed by atoms with Crippen molar-refractivity contribution >= 4 is 17.6 Å². The lowest BCUT2D eigenvalue weighted by Gasteiger charge is -2.51. The van der Waals surface area contributed by atoms with Crippen molar-refractivity contribution in [1.29, 1.82) is 0 Å². The van der Waals surface area contributed by atoms with Crippen LogP contribution in [0.15, 0.2) is 48.8 Å². The van der Waals surface area contributed by atoms with Gasteiger partial charge in [0.2, 0.25) is 6.29 Å². The first-order valence-corrected chi connectivity index (χ1v) is 13.4. The molecular formula is C28H34N2O9. The first-order valence-electron chi connectivity index (χ1n) is 13.4. The van der Waals surface area contributed by atoms with Crippen LogP contribution in [-0.4, -0.2) is 94.3 Å². The van der Waals surface area contributed by atoms with Crippen LogP contribution in [0.3, 0.4) is 0 Å². The monoisotopic (exact) mass is 542 g/mol. The smallest absolute Gasteiger partial charge is 0.303 e. The molecular weight excluding hydrogens is 508 g/mol. The van der Waals surface area contributed by atoms with E-state index in [4.69, 9.17) is 18.9 Å². The molecule has 11 nitrogen and oxygen atoms in total. The number of piperidine rings is 2. The van der Waals surface area contributed by atoms with Gasteiger partial charge in [-0.25, -0.2) is 0 Å². The molecule has 1 aromatic carbocycles. The Morgan fingerprint density at radius 2 is 2.03 bits per heavy atom. The van der Waals surface area contributed by atoms with E-state index in [0.717, 1.165) is 19.0 Å². The van der Waals surface area contributed by atoms with Crippen LogP contribution in [0.4, 0.5) is 5.69 Å². The highest BCUT2D eigenvalue weighted by molar-refractivity contribution is 5.95. The van der Waals surface area contributed by atoms with E-state index in [1.165, 1.54) is 11.8 Å². The Balaban J connectivity index is 1.23. The summed E-state index contributed by atoms with van der Waals surface area (Å²) in [4.78, 5) is 27.2. The van der Waals surface area contributed by atoms with Gasteiger partial charge >= 0.3 is 5.97 Å². The number of carbonyl (C=O) groups excluding carboxylic acids is 2. The SMILES string of the molecule is C=C[C@H]1[C@H](OC2OC(CO)C(O)C(OC(C)=O)C2O)OC=C2C(=O)N3CCC4c5ccccc5NC4[C@@H]3C[C@@H]21. The Bertz CT molecular complexity index is 1170. The number of nitrogens with one attached hydrogen (secondary N) is 1. The van der Waals surface area contributed by atoms with E-state index in [0.29, 0.717) is 24.5 Å².